The summed E-state index contributed by atoms with van der Waals surface area (Å²) in [5, 5.41) is 5.73. The van der Waals surface area contributed by atoms with E-state index in [1.807, 2.05) is 45.2 Å². The average Bonchev–Trinajstić information content (AvgIpc) is 3.36. The quantitative estimate of drug-likeness (QED) is 0.426. The van der Waals surface area contributed by atoms with Gasteiger partial charge in [-0.25, -0.2) is 17.8 Å². The number of carbonyl (C=O) groups is 1. The molecule has 0 unspecified atom stereocenters. The molecule has 35 heavy (non-hydrogen) atoms. The summed E-state index contributed by atoms with van der Waals surface area (Å²) in [5.41, 5.74) is 1.48. The maximum absolute atomic E-state index is 13.2. The maximum Gasteiger partial charge on any atom is 0.268 e. The lowest BCUT2D eigenvalue weighted by Gasteiger charge is -2.21. The van der Waals surface area contributed by atoms with Gasteiger partial charge < -0.3 is 9.47 Å². The summed E-state index contributed by atoms with van der Waals surface area (Å²) in [4.78, 5) is 13.0. The van der Waals surface area contributed by atoms with E-state index in [2.05, 4.69) is 9.82 Å². The molecule has 9 heteroatoms. The lowest BCUT2D eigenvalue weighted by atomic mass is 9.87. The Morgan fingerprint density at radius 1 is 0.943 bits per heavy atom. The van der Waals surface area contributed by atoms with E-state index in [9.17, 15) is 13.2 Å². The minimum absolute atomic E-state index is 0.0971. The molecule has 0 spiro atoms. The van der Waals surface area contributed by atoms with Gasteiger partial charge >= 0.3 is 0 Å². The van der Waals surface area contributed by atoms with E-state index in [0.717, 1.165) is 16.6 Å². The molecule has 1 amide bonds. The number of nitrogens with zero attached hydrogens (tertiary/aromatic N) is 2. The highest BCUT2D eigenvalue weighted by atomic mass is 32.2. The Morgan fingerprint density at radius 2 is 1.66 bits per heavy atom. The highest BCUT2D eigenvalue weighted by Crippen LogP contribution is 2.33. The first kappa shape index (κ1) is 24.3. The summed E-state index contributed by atoms with van der Waals surface area (Å²) in [6.45, 7) is 5.93. The molecule has 0 bridgehead atoms. The summed E-state index contributed by atoms with van der Waals surface area (Å²) >= 11 is 0. The summed E-state index contributed by atoms with van der Waals surface area (Å²) in [6, 6.07) is 15.3. The SMILES string of the molecule is COc1ccc(C(C)(C)C)cc1S(=O)(=O)NC(=O)c1ccc2c(-n3cccn3)ccc(OC)c2c1. The molecule has 0 atom stereocenters. The van der Waals surface area contributed by atoms with Crippen molar-refractivity contribution < 1.29 is 22.7 Å². The number of ether oxygens (including phenoxy) is 2. The van der Waals surface area contributed by atoms with Crippen LogP contribution in [-0.4, -0.2) is 38.3 Å². The topological polar surface area (TPSA) is 99.5 Å². The summed E-state index contributed by atoms with van der Waals surface area (Å²) in [7, 11) is -1.29. The van der Waals surface area contributed by atoms with E-state index in [0.29, 0.717) is 11.1 Å². The van der Waals surface area contributed by atoms with Crippen molar-refractivity contribution in [3.05, 3.63) is 78.1 Å². The second-order valence-corrected chi connectivity index (χ2v) is 10.7. The standard InChI is InChI=1S/C26H27N3O5S/c1-26(2,3)18-8-11-23(34-5)24(16-18)35(31,32)28-25(30)17-7-9-19-20(15-17)22(33-4)12-10-21(19)29-14-6-13-27-29/h6-16H,1-5H3,(H,28,30). The molecule has 0 aliphatic carbocycles. The van der Waals surface area contributed by atoms with Gasteiger partial charge in [0.2, 0.25) is 0 Å². The van der Waals surface area contributed by atoms with Gasteiger partial charge in [-0.1, -0.05) is 32.9 Å². The van der Waals surface area contributed by atoms with Crippen molar-refractivity contribution in [1.82, 2.24) is 14.5 Å². The third-order valence-electron chi connectivity index (χ3n) is 5.73. The summed E-state index contributed by atoms with van der Waals surface area (Å²) in [6.07, 6.45) is 3.49. The number of nitrogens with one attached hydrogen (secondary N) is 1. The molecule has 4 rings (SSSR count). The second-order valence-electron chi connectivity index (χ2n) is 9.05. The number of fused-ring (bicyclic) bond motifs is 1. The largest absolute Gasteiger partial charge is 0.496 e. The Kier molecular flexibility index (Phi) is 6.29. The number of sulfonamides is 1. The van der Waals surface area contributed by atoms with Crippen LogP contribution >= 0.6 is 0 Å². The molecular formula is C26H27N3O5S. The van der Waals surface area contributed by atoms with Crippen molar-refractivity contribution in [2.75, 3.05) is 14.2 Å². The highest BCUT2D eigenvalue weighted by Gasteiger charge is 2.26. The lowest BCUT2D eigenvalue weighted by Crippen LogP contribution is -2.31. The van der Waals surface area contributed by atoms with Crippen LogP contribution in [0.2, 0.25) is 0 Å². The number of carbonyl (C=O) groups excluding carboxylic acids is 1. The van der Waals surface area contributed by atoms with Crippen molar-refractivity contribution >= 4 is 26.7 Å². The molecule has 0 aliphatic heterocycles. The number of rotatable bonds is 6. The third-order valence-corrected chi connectivity index (χ3v) is 7.09. The smallest absolute Gasteiger partial charge is 0.268 e. The number of amides is 1. The summed E-state index contributed by atoms with van der Waals surface area (Å²) in [5.74, 6) is -0.0584. The zero-order valence-electron chi connectivity index (χ0n) is 20.2. The molecule has 0 saturated carbocycles. The Balaban J connectivity index is 1.74. The minimum Gasteiger partial charge on any atom is -0.496 e. The molecule has 0 aliphatic rings. The lowest BCUT2D eigenvalue weighted by molar-refractivity contribution is 0.0981. The number of benzene rings is 3. The van der Waals surface area contributed by atoms with Gasteiger partial charge in [0.25, 0.3) is 15.9 Å². The van der Waals surface area contributed by atoms with Crippen LogP contribution in [0, 0.1) is 0 Å². The van der Waals surface area contributed by atoms with Gasteiger partial charge in [-0.15, -0.1) is 0 Å². The first-order valence-corrected chi connectivity index (χ1v) is 12.4. The monoisotopic (exact) mass is 493 g/mol. The molecule has 1 N–H and O–H groups in total. The molecule has 1 heterocycles. The Morgan fingerprint density at radius 3 is 2.29 bits per heavy atom. The van der Waals surface area contributed by atoms with Crippen LogP contribution in [0.5, 0.6) is 11.5 Å². The number of hydrogen-bond acceptors (Lipinski definition) is 6. The van der Waals surface area contributed by atoms with Crippen LogP contribution in [0.4, 0.5) is 0 Å². The summed E-state index contributed by atoms with van der Waals surface area (Å²) < 4.78 is 41.1. The van der Waals surface area contributed by atoms with Crippen LogP contribution in [0.15, 0.2) is 71.9 Å². The molecule has 0 fully saturated rings. The van der Waals surface area contributed by atoms with Gasteiger partial charge in [0, 0.05) is 28.7 Å². The fraction of sp³-hybridized carbons (Fsp3) is 0.231. The minimum atomic E-state index is -4.22. The first-order chi connectivity index (χ1) is 16.5. The van der Waals surface area contributed by atoms with Gasteiger partial charge in [-0.2, -0.15) is 5.10 Å². The van der Waals surface area contributed by atoms with Gasteiger partial charge in [0.05, 0.1) is 19.9 Å². The van der Waals surface area contributed by atoms with Crippen molar-refractivity contribution in [3.63, 3.8) is 0 Å². The molecule has 0 saturated heterocycles. The van der Waals surface area contributed by atoms with Gasteiger partial charge in [0.15, 0.2) is 0 Å². The highest BCUT2D eigenvalue weighted by molar-refractivity contribution is 7.90. The maximum atomic E-state index is 13.2. The molecule has 182 valence electrons. The Bertz CT molecular complexity index is 1500. The van der Waals surface area contributed by atoms with E-state index in [1.165, 1.54) is 20.3 Å². The number of aromatic nitrogens is 2. The molecule has 8 nitrogen and oxygen atoms in total. The second kappa shape index (κ2) is 9.07. The van der Waals surface area contributed by atoms with E-state index in [-0.39, 0.29) is 21.6 Å². The predicted molar refractivity (Wildman–Crippen MR) is 134 cm³/mol. The number of methoxy groups -OCH3 is 2. The molecule has 4 aromatic rings. The fourth-order valence-electron chi connectivity index (χ4n) is 3.83. The van der Waals surface area contributed by atoms with E-state index in [4.69, 9.17) is 9.47 Å². The van der Waals surface area contributed by atoms with Crippen molar-refractivity contribution in [3.8, 4) is 17.2 Å². The van der Waals surface area contributed by atoms with Crippen LogP contribution in [-0.2, 0) is 15.4 Å². The predicted octanol–water partition coefficient (Wildman–Crippen LogP) is 4.46. The Labute approximate surface area is 204 Å². The fourth-order valence-corrected chi connectivity index (χ4v) is 5.00. The molecular weight excluding hydrogens is 466 g/mol. The van der Waals surface area contributed by atoms with Crippen molar-refractivity contribution in [2.24, 2.45) is 0 Å². The number of hydrogen-bond donors (Lipinski definition) is 1. The van der Waals surface area contributed by atoms with Crippen LogP contribution in [0.25, 0.3) is 16.5 Å². The van der Waals surface area contributed by atoms with E-state index in [1.54, 1.807) is 41.2 Å². The zero-order valence-corrected chi connectivity index (χ0v) is 21.0. The third kappa shape index (κ3) is 4.72. The van der Waals surface area contributed by atoms with Gasteiger partial charge in [-0.05, 0) is 53.4 Å². The Hall–Kier alpha value is -3.85. The van der Waals surface area contributed by atoms with Crippen LogP contribution in [0.1, 0.15) is 36.7 Å². The van der Waals surface area contributed by atoms with Crippen LogP contribution < -0.4 is 14.2 Å². The average molecular weight is 494 g/mol. The van der Waals surface area contributed by atoms with Crippen molar-refractivity contribution in [1.29, 1.82) is 0 Å². The molecule has 3 aromatic carbocycles. The molecule has 1 aromatic heterocycles. The van der Waals surface area contributed by atoms with Crippen molar-refractivity contribution in [2.45, 2.75) is 31.1 Å². The van der Waals surface area contributed by atoms with Gasteiger partial charge in [0.1, 0.15) is 16.4 Å². The van der Waals surface area contributed by atoms with E-state index >= 15 is 0 Å². The van der Waals surface area contributed by atoms with E-state index < -0.39 is 15.9 Å². The van der Waals surface area contributed by atoms with Gasteiger partial charge in [-0.3, -0.25) is 4.79 Å². The van der Waals surface area contributed by atoms with Crippen LogP contribution in [0.3, 0.4) is 0 Å². The normalized spacial score (nSPS) is 11.9. The molecule has 0 radical (unpaired) electrons. The first-order valence-electron chi connectivity index (χ1n) is 10.9. The zero-order chi connectivity index (χ0) is 25.4.